The van der Waals surface area contributed by atoms with Crippen molar-refractivity contribution in [2.45, 2.75) is 45.1 Å². The Morgan fingerprint density at radius 2 is 1.94 bits per heavy atom. The Morgan fingerprint density at radius 3 is 2.50 bits per heavy atom. The van der Waals surface area contributed by atoms with Crippen molar-refractivity contribution in [3.8, 4) is 0 Å². The molecule has 0 saturated carbocycles. The van der Waals surface area contributed by atoms with E-state index in [-0.39, 0.29) is 11.4 Å². The highest BCUT2D eigenvalue weighted by molar-refractivity contribution is 5.49. The third-order valence-electron chi connectivity index (χ3n) is 3.78. The van der Waals surface area contributed by atoms with E-state index in [1.54, 1.807) is 6.07 Å². The van der Waals surface area contributed by atoms with Crippen molar-refractivity contribution >= 4 is 5.69 Å². The first-order valence-electron chi connectivity index (χ1n) is 6.73. The molecule has 0 aromatic heterocycles. The van der Waals surface area contributed by atoms with Crippen LogP contribution >= 0.6 is 0 Å². The van der Waals surface area contributed by atoms with Gasteiger partial charge in [-0.15, -0.1) is 0 Å². The van der Waals surface area contributed by atoms with Crippen molar-refractivity contribution in [3.63, 3.8) is 0 Å². The van der Waals surface area contributed by atoms with Crippen LogP contribution in [0.3, 0.4) is 0 Å². The summed E-state index contributed by atoms with van der Waals surface area (Å²) in [7, 11) is 1.93. The number of halogens is 1. The predicted molar refractivity (Wildman–Crippen MR) is 76.4 cm³/mol. The van der Waals surface area contributed by atoms with Crippen LogP contribution in [-0.4, -0.2) is 19.1 Å². The Kier molecular flexibility index (Phi) is 5.60. The zero-order valence-electron chi connectivity index (χ0n) is 11.7. The molecule has 0 heterocycles. The van der Waals surface area contributed by atoms with Crippen LogP contribution in [0.25, 0.3) is 0 Å². The lowest BCUT2D eigenvalue weighted by Gasteiger charge is -2.40. The second-order valence-corrected chi connectivity index (χ2v) is 5.17. The van der Waals surface area contributed by atoms with Crippen molar-refractivity contribution in [1.82, 2.24) is 0 Å². The molecule has 0 fully saturated rings. The highest BCUT2D eigenvalue weighted by atomic mass is 19.1. The average molecular weight is 252 g/mol. The molecule has 18 heavy (non-hydrogen) atoms. The average Bonchev–Trinajstić information content (AvgIpc) is 2.38. The van der Waals surface area contributed by atoms with Crippen LogP contribution < -0.4 is 10.6 Å². The van der Waals surface area contributed by atoms with E-state index < -0.39 is 0 Å². The summed E-state index contributed by atoms with van der Waals surface area (Å²) in [5.41, 5.74) is 6.36. The number of rotatable bonds is 7. The van der Waals surface area contributed by atoms with Gasteiger partial charge in [0.15, 0.2) is 0 Å². The van der Waals surface area contributed by atoms with Crippen LogP contribution in [0.2, 0.25) is 0 Å². The minimum Gasteiger partial charge on any atom is -0.366 e. The van der Waals surface area contributed by atoms with Crippen LogP contribution in [-0.2, 0) is 0 Å². The Hall–Kier alpha value is -1.09. The first kappa shape index (κ1) is 15.0. The lowest BCUT2D eigenvalue weighted by atomic mass is 9.92. The molecular formula is C15H25FN2. The maximum atomic E-state index is 13.8. The number of anilines is 1. The maximum absolute atomic E-state index is 13.8. The SMILES string of the molecule is CCCCCC(C)(CN)N(C)c1ccccc1F. The van der Waals surface area contributed by atoms with E-state index in [4.69, 9.17) is 5.73 Å². The highest BCUT2D eigenvalue weighted by Gasteiger charge is 2.28. The van der Waals surface area contributed by atoms with Gasteiger partial charge in [-0.05, 0) is 25.5 Å². The summed E-state index contributed by atoms with van der Waals surface area (Å²) in [6.07, 6.45) is 4.50. The Morgan fingerprint density at radius 1 is 1.28 bits per heavy atom. The number of benzene rings is 1. The van der Waals surface area contributed by atoms with Gasteiger partial charge in [0.1, 0.15) is 5.82 Å². The number of unbranched alkanes of at least 4 members (excludes halogenated alkanes) is 2. The van der Waals surface area contributed by atoms with Crippen LogP contribution in [0.4, 0.5) is 10.1 Å². The second-order valence-electron chi connectivity index (χ2n) is 5.17. The van der Waals surface area contributed by atoms with E-state index in [0.29, 0.717) is 12.2 Å². The van der Waals surface area contributed by atoms with E-state index in [0.717, 1.165) is 12.8 Å². The molecule has 3 heteroatoms. The zero-order chi connectivity index (χ0) is 13.6. The zero-order valence-corrected chi connectivity index (χ0v) is 11.7. The molecule has 102 valence electrons. The molecule has 1 rings (SSSR count). The fourth-order valence-corrected chi connectivity index (χ4v) is 2.18. The molecule has 0 aliphatic rings. The van der Waals surface area contributed by atoms with Gasteiger partial charge in [0.2, 0.25) is 0 Å². The van der Waals surface area contributed by atoms with Crippen molar-refractivity contribution < 1.29 is 4.39 Å². The molecule has 1 atom stereocenters. The third kappa shape index (κ3) is 3.45. The molecule has 0 saturated heterocycles. The molecule has 1 unspecified atom stereocenters. The quantitative estimate of drug-likeness (QED) is 0.752. The summed E-state index contributed by atoms with van der Waals surface area (Å²) >= 11 is 0. The van der Waals surface area contributed by atoms with Crippen LogP contribution in [0.1, 0.15) is 39.5 Å². The van der Waals surface area contributed by atoms with Gasteiger partial charge in [-0.1, -0.05) is 38.3 Å². The maximum Gasteiger partial charge on any atom is 0.146 e. The summed E-state index contributed by atoms with van der Waals surface area (Å²) in [6, 6.07) is 6.87. The number of para-hydroxylation sites is 1. The number of nitrogens with two attached hydrogens (primary N) is 1. The second kappa shape index (κ2) is 6.74. The molecule has 0 amide bonds. The first-order valence-corrected chi connectivity index (χ1v) is 6.73. The van der Waals surface area contributed by atoms with E-state index >= 15 is 0 Å². The summed E-state index contributed by atoms with van der Waals surface area (Å²) in [4.78, 5) is 1.98. The normalized spacial score (nSPS) is 14.3. The topological polar surface area (TPSA) is 29.3 Å². The van der Waals surface area contributed by atoms with Crippen LogP contribution in [0, 0.1) is 5.82 Å². The lowest BCUT2D eigenvalue weighted by Crippen LogP contribution is -2.50. The predicted octanol–water partition coefficient (Wildman–Crippen LogP) is 3.56. The van der Waals surface area contributed by atoms with Gasteiger partial charge in [0, 0.05) is 19.1 Å². The smallest absolute Gasteiger partial charge is 0.146 e. The molecule has 0 radical (unpaired) electrons. The van der Waals surface area contributed by atoms with Crippen LogP contribution in [0.15, 0.2) is 24.3 Å². The van der Waals surface area contributed by atoms with Gasteiger partial charge in [-0.2, -0.15) is 0 Å². The summed E-state index contributed by atoms with van der Waals surface area (Å²) in [5, 5.41) is 0. The van der Waals surface area contributed by atoms with Gasteiger partial charge in [0.05, 0.1) is 5.69 Å². The molecule has 2 N–H and O–H groups in total. The monoisotopic (exact) mass is 252 g/mol. The molecule has 1 aromatic rings. The highest BCUT2D eigenvalue weighted by Crippen LogP contribution is 2.28. The van der Waals surface area contributed by atoms with Gasteiger partial charge in [0.25, 0.3) is 0 Å². The van der Waals surface area contributed by atoms with Crippen LogP contribution in [0.5, 0.6) is 0 Å². The van der Waals surface area contributed by atoms with Gasteiger partial charge < -0.3 is 10.6 Å². The van der Waals surface area contributed by atoms with E-state index in [1.165, 1.54) is 18.9 Å². The molecule has 2 nitrogen and oxygen atoms in total. The molecule has 0 aliphatic heterocycles. The first-order chi connectivity index (χ1) is 8.55. The summed E-state index contributed by atoms with van der Waals surface area (Å²) in [6.45, 7) is 4.82. The van der Waals surface area contributed by atoms with Gasteiger partial charge in [-0.3, -0.25) is 0 Å². The Labute approximate surface area is 110 Å². The standard InChI is InChI=1S/C15H25FN2/c1-4-5-8-11-15(2,12-17)18(3)14-10-7-6-9-13(14)16/h6-7,9-10H,4-5,8,11-12,17H2,1-3H3. The molecule has 0 bridgehead atoms. The number of hydrogen-bond acceptors (Lipinski definition) is 2. The molecule has 0 spiro atoms. The minimum absolute atomic E-state index is 0.183. The van der Waals surface area contributed by atoms with Crippen molar-refractivity contribution in [1.29, 1.82) is 0 Å². The minimum atomic E-state index is -0.185. The van der Waals surface area contributed by atoms with Gasteiger partial charge in [-0.25, -0.2) is 4.39 Å². The van der Waals surface area contributed by atoms with Gasteiger partial charge >= 0.3 is 0 Å². The third-order valence-corrected chi connectivity index (χ3v) is 3.78. The number of likely N-dealkylation sites (N-methyl/N-ethyl adjacent to an activating group) is 1. The van der Waals surface area contributed by atoms with E-state index in [1.807, 2.05) is 24.1 Å². The fourth-order valence-electron chi connectivity index (χ4n) is 2.18. The van der Waals surface area contributed by atoms with E-state index in [2.05, 4.69) is 13.8 Å². The lowest BCUT2D eigenvalue weighted by molar-refractivity contribution is 0.396. The number of nitrogens with zero attached hydrogens (tertiary/aromatic N) is 1. The summed E-state index contributed by atoms with van der Waals surface area (Å²) < 4.78 is 13.8. The Balaban J connectivity index is 2.84. The van der Waals surface area contributed by atoms with Crippen molar-refractivity contribution in [3.05, 3.63) is 30.1 Å². The van der Waals surface area contributed by atoms with Crippen molar-refractivity contribution in [2.24, 2.45) is 5.73 Å². The molecule has 0 aliphatic carbocycles. The Bertz CT molecular complexity index is 367. The summed E-state index contributed by atoms with van der Waals surface area (Å²) in [5.74, 6) is -0.185. The largest absolute Gasteiger partial charge is 0.366 e. The van der Waals surface area contributed by atoms with Crippen molar-refractivity contribution in [2.75, 3.05) is 18.5 Å². The van der Waals surface area contributed by atoms with E-state index in [9.17, 15) is 4.39 Å². The molecular weight excluding hydrogens is 227 g/mol. The fraction of sp³-hybridized carbons (Fsp3) is 0.600. The molecule has 1 aromatic carbocycles. The number of hydrogen-bond donors (Lipinski definition) is 1.